The number of benzene rings is 3. The second-order valence-electron chi connectivity index (χ2n) is 11.7. The summed E-state index contributed by atoms with van der Waals surface area (Å²) in [5, 5.41) is 16.3. The quantitative estimate of drug-likeness (QED) is 0.0947. The lowest BCUT2D eigenvalue weighted by Gasteiger charge is -2.36. The number of aliphatic hydroxyl groups excluding tert-OH is 1. The maximum Gasteiger partial charge on any atom is 0.220 e. The summed E-state index contributed by atoms with van der Waals surface area (Å²) in [6.07, 6.45) is 4.78. The standard InChI is InChI=1S/C38H43N3O5S/c1-27(43)39-21-7-2-3-11-36(44)41-24-32-9-4-5-10-34(32)29-17-19-31(20-18-29)38-45-33(26-47-37-12-6-8-22-40-37)23-35(46-38)30-15-13-28(25-42)14-16-30/h4-6,8-10,12-20,22,33,35,38,42H,2-3,7,11,21,23-26H2,1H3,(H,39,43)(H,41,44)/t33-,35+,38+/m0/s1. The highest BCUT2D eigenvalue weighted by atomic mass is 32.2. The van der Waals surface area contributed by atoms with E-state index in [2.05, 4.69) is 45.9 Å². The van der Waals surface area contributed by atoms with Crippen LogP contribution in [0.25, 0.3) is 11.1 Å². The molecule has 1 aromatic heterocycles. The van der Waals surface area contributed by atoms with Gasteiger partial charge in [0, 0.05) is 50.4 Å². The Morgan fingerprint density at radius 1 is 0.872 bits per heavy atom. The van der Waals surface area contributed by atoms with Gasteiger partial charge in [-0.05, 0) is 52.8 Å². The van der Waals surface area contributed by atoms with Gasteiger partial charge in [0.25, 0.3) is 0 Å². The van der Waals surface area contributed by atoms with Crippen molar-refractivity contribution in [3.8, 4) is 11.1 Å². The van der Waals surface area contributed by atoms with Gasteiger partial charge in [-0.25, -0.2) is 4.98 Å². The minimum absolute atomic E-state index is 0.00482. The van der Waals surface area contributed by atoms with Crippen LogP contribution in [0, 0.1) is 0 Å². The molecular formula is C38H43N3O5S. The molecule has 4 aromatic rings. The van der Waals surface area contributed by atoms with E-state index in [9.17, 15) is 14.7 Å². The van der Waals surface area contributed by atoms with Gasteiger partial charge in [-0.15, -0.1) is 11.8 Å². The number of amides is 2. The molecule has 0 aliphatic carbocycles. The highest BCUT2D eigenvalue weighted by Gasteiger charge is 2.32. The molecule has 3 atom stereocenters. The van der Waals surface area contributed by atoms with E-state index in [0.717, 1.165) is 63.4 Å². The van der Waals surface area contributed by atoms with Crippen LogP contribution in [0.2, 0.25) is 0 Å². The fourth-order valence-corrected chi connectivity index (χ4v) is 6.42. The van der Waals surface area contributed by atoms with Gasteiger partial charge in [0.05, 0.1) is 23.8 Å². The molecule has 1 fully saturated rings. The summed E-state index contributed by atoms with van der Waals surface area (Å²) in [5.41, 5.74) is 6.01. The number of rotatable bonds is 15. The van der Waals surface area contributed by atoms with Crippen molar-refractivity contribution in [1.29, 1.82) is 0 Å². The van der Waals surface area contributed by atoms with Crippen LogP contribution in [0.5, 0.6) is 0 Å². The number of carbonyl (C=O) groups excluding carboxylic acids is 2. The van der Waals surface area contributed by atoms with Crippen LogP contribution in [0.15, 0.2) is 102 Å². The first-order chi connectivity index (χ1) is 23.0. The number of carbonyl (C=O) groups is 2. The van der Waals surface area contributed by atoms with E-state index in [0.29, 0.717) is 25.9 Å². The van der Waals surface area contributed by atoms with E-state index >= 15 is 0 Å². The van der Waals surface area contributed by atoms with Crippen LogP contribution in [0.1, 0.15) is 73.7 Å². The molecule has 3 aromatic carbocycles. The number of hydrogen-bond acceptors (Lipinski definition) is 7. The van der Waals surface area contributed by atoms with Gasteiger partial charge in [0.1, 0.15) is 0 Å². The fraction of sp³-hybridized carbons (Fsp3) is 0.342. The van der Waals surface area contributed by atoms with E-state index in [-0.39, 0.29) is 30.6 Å². The predicted octanol–water partition coefficient (Wildman–Crippen LogP) is 6.89. The normalized spacial score (nSPS) is 17.6. The molecule has 5 rings (SSSR count). The molecule has 0 radical (unpaired) electrons. The first-order valence-corrected chi connectivity index (χ1v) is 17.2. The largest absolute Gasteiger partial charge is 0.392 e. The average molecular weight is 654 g/mol. The van der Waals surface area contributed by atoms with Gasteiger partial charge >= 0.3 is 0 Å². The number of aliphatic hydroxyl groups is 1. The van der Waals surface area contributed by atoms with Crippen molar-refractivity contribution >= 4 is 23.6 Å². The monoisotopic (exact) mass is 653 g/mol. The zero-order valence-corrected chi connectivity index (χ0v) is 27.6. The topological polar surface area (TPSA) is 110 Å². The molecule has 9 heteroatoms. The van der Waals surface area contributed by atoms with Crippen LogP contribution in [-0.4, -0.2) is 40.3 Å². The van der Waals surface area contributed by atoms with E-state index in [4.69, 9.17) is 9.47 Å². The summed E-state index contributed by atoms with van der Waals surface area (Å²) >= 11 is 1.68. The number of nitrogens with one attached hydrogen (secondary N) is 2. The van der Waals surface area contributed by atoms with Crippen molar-refractivity contribution in [3.63, 3.8) is 0 Å². The zero-order chi connectivity index (χ0) is 32.8. The summed E-state index contributed by atoms with van der Waals surface area (Å²) in [6.45, 7) is 2.61. The number of hydrogen-bond donors (Lipinski definition) is 3. The van der Waals surface area contributed by atoms with Crippen molar-refractivity contribution in [3.05, 3.63) is 119 Å². The van der Waals surface area contributed by atoms with Gasteiger partial charge in [0.15, 0.2) is 6.29 Å². The highest BCUT2D eigenvalue weighted by molar-refractivity contribution is 7.99. The van der Waals surface area contributed by atoms with Crippen LogP contribution in [0.4, 0.5) is 0 Å². The minimum atomic E-state index is -0.539. The molecule has 0 saturated carbocycles. The summed E-state index contributed by atoms with van der Waals surface area (Å²) < 4.78 is 13.0. The average Bonchev–Trinajstić information content (AvgIpc) is 3.11. The molecule has 2 heterocycles. The van der Waals surface area contributed by atoms with E-state index < -0.39 is 6.29 Å². The SMILES string of the molecule is CC(=O)NCCCCCC(=O)NCc1ccccc1-c1ccc([C@@H]2O[C@H](CSc3ccccn3)C[C@H](c3ccc(CO)cc3)O2)cc1. The summed E-state index contributed by atoms with van der Waals surface area (Å²) in [7, 11) is 0. The lowest BCUT2D eigenvalue weighted by molar-refractivity contribution is -0.245. The van der Waals surface area contributed by atoms with Crippen molar-refractivity contribution < 1.29 is 24.2 Å². The van der Waals surface area contributed by atoms with Crippen molar-refractivity contribution in [1.82, 2.24) is 15.6 Å². The molecule has 47 heavy (non-hydrogen) atoms. The molecule has 3 N–H and O–H groups in total. The van der Waals surface area contributed by atoms with E-state index in [1.54, 1.807) is 18.0 Å². The number of unbranched alkanes of at least 4 members (excludes halogenated alkanes) is 2. The second-order valence-corrected chi connectivity index (χ2v) is 12.7. The second kappa shape index (κ2) is 17.8. The molecule has 8 nitrogen and oxygen atoms in total. The molecule has 1 saturated heterocycles. The number of thioether (sulfide) groups is 1. The van der Waals surface area contributed by atoms with Gasteiger partial charge in [-0.1, -0.05) is 85.3 Å². The van der Waals surface area contributed by atoms with Crippen LogP contribution in [-0.2, 0) is 32.2 Å². The molecule has 1 aliphatic rings. The molecule has 0 bridgehead atoms. The van der Waals surface area contributed by atoms with Crippen molar-refractivity contribution in [2.75, 3.05) is 12.3 Å². The maximum absolute atomic E-state index is 12.5. The zero-order valence-electron chi connectivity index (χ0n) is 26.8. The Morgan fingerprint density at radius 2 is 1.64 bits per heavy atom. The van der Waals surface area contributed by atoms with Crippen molar-refractivity contribution in [2.45, 2.75) is 75.7 Å². The third-order valence-corrected chi connectivity index (χ3v) is 9.19. The van der Waals surface area contributed by atoms with Crippen molar-refractivity contribution in [2.24, 2.45) is 0 Å². The smallest absolute Gasteiger partial charge is 0.220 e. The fourth-order valence-electron chi connectivity index (χ4n) is 5.54. The van der Waals surface area contributed by atoms with Gasteiger partial charge in [-0.3, -0.25) is 9.59 Å². The molecule has 0 spiro atoms. The van der Waals surface area contributed by atoms with Gasteiger partial charge < -0.3 is 25.2 Å². The first kappa shape index (κ1) is 34.3. The van der Waals surface area contributed by atoms with E-state index in [1.165, 1.54) is 6.92 Å². The number of nitrogens with zero attached hydrogens (tertiary/aromatic N) is 1. The maximum atomic E-state index is 12.5. The Kier molecular flexibility index (Phi) is 13.0. The van der Waals surface area contributed by atoms with Crippen LogP contribution >= 0.6 is 11.8 Å². The lowest BCUT2D eigenvalue weighted by atomic mass is 9.97. The Hall–Kier alpha value is -4.02. The number of pyridine rings is 1. The molecule has 0 unspecified atom stereocenters. The summed E-state index contributed by atoms with van der Waals surface area (Å²) in [6, 6.07) is 30.2. The molecular weight excluding hydrogens is 611 g/mol. The number of ether oxygens (including phenoxy) is 2. The third-order valence-electron chi connectivity index (χ3n) is 8.11. The van der Waals surface area contributed by atoms with Crippen LogP contribution in [0.3, 0.4) is 0 Å². The summed E-state index contributed by atoms with van der Waals surface area (Å²) in [5.74, 6) is 0.746. The third kappa shape index (κ3) is 10.5. The van der Waals surface area contributed by atoms with Gasteiger partial charge in [-0.2, -0.15) is 0 Å². The first-order valence-electron chi connectivity index (χ1n) is 16.2. The number of aromatic nitrogens is 1. The Balaban J connectivity index is 1.23. The molecule has 2 amide bonds. The Labute approximate surface area is 281 Å². The lowest BCUT2D eigenvalue weighted by Crippen LogP contribution is -2.31. The molecule has 246 valence electrons. The van der Waals surface area contributed by atoms with Gasteiger partial charge in [0.2, 0.25) is 11.8 Å². The van der Waals surface area contributed by atoms with E-state index in [1.807, 2.05) is 60.7 Å². The summed E-state index contributed by atoms with van der Waals surface area (Å²) in [4.78, 5) is 27.9. The predicted molar refractivity (Wildman–Crippen MR) is 184 cm³/mol. The molecule has 1 aliphatic heterocycles. The Bertz CT molecular complexity index is 1570. The van der Waals surface area contributed by atoms with Crippen LogP contribution < -0.4 is 10.6 Å². The highest BCUT2D eigenvalue weighted by Crippen LogP contribution is 2.40. The minimum Gasteiger partial charge on any atom is -0.392 e. The Morgan fingerprint density at radius 3 is 2.38 bits per heavy atom.